The number of ketones is 1. The molecular weight excluding hydrogens is 372 g/mol. The highest BCUT2D eigenvalue weighted by Gasteiger charge is 2.39. The molecular formula is C18H17BrN2O3. The van der Waals surface area contributed by atoms with Crippen LogP contribution in [-0.2, 0) is 9.53 Å². The number of benzene rings is 1. The average Bonchev–Trinajstić information content (AvgIpc) is 2.53. The van der Waals surface area contributed by atoms with E-state index in [-0.39, 0.29) is 23.2 Å². The number of hydrogen-bond acceptors (Lipinski definition) is 5. The van der Waals surface area contributed by atoms with Crippen molar-refractivity contribution in [1.82, 2.24) is 0 Å². The third-order valence-electron chi connectivity index (χ3n) is 4.37. The molecule has 0 amide bonds. The van der Waals surface area contributed by atoms with Crippen LogP contribution in [0.3, 0.4) is 0 Å². The van der Waals surface area contributed by atoms with Crippen LogP contribution in [-0.4, -0.2) is 12.9 Å². The highest BCUT2D eigenvalue weighted by atomic mass is 79.9. The van der Waals surface area contributed by atoms with Gasteiger partial charge in [-0.25, -0.2) is 0 Å². The number of methoxy groups -OCH3 is 1. The average molecular weight is 389 g/mol. The molecule has 0 saturated heterocycles. The number of nitrogens with zero attached hydrogens (tertiary/aromatic N) is 1. The van der Waals surface area contributed by atoms with E-state index in [1.165, 1.54) is 0 Å². The Hall–Kier alpha value is -2.26. The van der Waals surface area contributed by atoms with Crippen LogP contribution in [0.2, 0.25) is 0 Å². The number of Topliss-reactive ketones (excluding diaryl/α,β-unsaturated/α-hetero) is 1. The monoisotopic (exact) mass is 388 g/mol. The fraction of sp³-hybridized carbons (Fsp3) is 0.333. The van der Waals surface area contributed by atoms with Crippen molar-refractivity contribution in [3.8, 4) is 11.8 Å². The molecule has 3 rings (SSSR count). The number of nitriles is 1. The van der Waals surface area contributed by atoms with Crippen molar-refractivity contribution < 1.29 is 14.3 Å². The smallest absolute Gasteiger partial charge is 0.205 e. The molecule has 0 radical (unpaired) electrons. The number of carbonyl (C=O) groups is 1. The summed E-state index contributed by atoms with van der Waals surface area (Å²) >= 11 is 3.46. The topological polar surface area (TPSA) is 85.3 Å². The second kappa shape index (κ2) is 6.33. The van der Waals surface area contributed by atoms with E-state index in [0.29, 0.717) is 29.9 Å². The zero-order chi connectivity index (χ0) is 17.4. The van der Waals surface area contributed by atoms with Crippen LogP contribution >= 0.6 is 15.9 Å². The van der Waals surface area contributed by atoms with Crippen molar-refractivity contribution in [1.29, 1.82) is 5.26 Å². The molecule has 6 heteroatoms. The number of ether oxygens (including phenoxy) is 2. The molecule has 124 valence electrons. The Balaban J connectivity index is 2.17. The number of rotatable bonds is 2. The van der Waals surface area contributed by atoms with Crippen molar-refractivity contribution in [3.63, 3.8) is 0 Å². The van der Waals surface area contributed by atoms with Gasteiger partial charge >= 0.3 is 0 Å². The minimum absolute atomic E-state index is 0.0148. The molecule has 0 bridgehead atoms. The predicted octanol–water partition coefficient (Wildman–Crippen LogP) is 3.52. The van der Waals surface area contributed by atoms with E-state index in [0.717, 1.165) is 10.0 Å². The van der Waals surface area contributed by atoms with E-state index in [1.54, 1.807) is 13.2 Å². The summed E-state index contributed by atoms with van der Waals surface area (Å²) in [7, 11) is 1.58. The van der Waals surface area contributed by atoms with Crippen LogP contribution in [0.4, 0.5) is 0 Å². The van der Waals surface area contributed by atoms with Gasteiger partial charge in [-0.15, -0.1) is 0 Å². The molecule has 1 aromatic carbocycles. The Morgan fingerprint density at radius 1 is 1.42 bits per heavy atom. The lowest BCUT2D eigenvalue weighted by atomic mass is 9.75. The summed E-state index contributed by atoms with van der Waals surface area (Å²) in [6.45, 7) is 2.00. The van der Waals surface area contributed by atoms with Crippen molar-refractivity contribution in [2.75, 3.05) is 7.11 Å². The second-order valence-electron chi connectivity index (χ2n) is 6.09. The quantitative estimate of drug-likeness (QED) is 0.837. The summed E-state index contributed by atoms with van der Waals surface area (Å²) in [5.74, 6) is 1.07. The Morgan fingerprint density at radius 2 is 2.17 bits per heavy atom. The van der Waals surface area contributed by atoms with E-state index in [2.05, 4.69) is 22.0 Å². The fourth-order valence-corrected chi connectivity index (χ4v) is 3.85. The summed E-state index contributed by atoms with van der Waals surface area (Å²) in [6, 6.07) is 7.62. The zero-order valence-electron chi connectivity index (χ0n) is 13.4. The molecule has 0 spiro atoms. The molecule has 24 heavy (non-hydrogen) atoms. The van der Waals surface area contributed by atoms with Crippen molar-refractivity contribution in [2.24, 2.45) is 11.7 Å². The van der Waals surface area contributed by atoms with Crippen LogP contribution < -0.4 is 10.5 Å². The third-order valence-corrected chi connectivity index (χ3v) is 4.99. The largest absolute Gasteiger partial charge is 0.496 e. The van der Waals surface area contributed by atoms with Gasteiger partial charge in [0.05, 0.1) is 17.5 Å². The van der Waals surface area contributed by atoms with Gasteiger partial charge in [0.2, 0.25) is 5.88 Å². The van der Waals surface area contributed by atoms with E-state index < -0.39 is 5.92 Å². The minimum atomic E-state index is -0.499. The highest BCUT2D eigenvalue weighted by molar-refractivity contribution is 9.10. The normalized spacial score (nSPS) is 23.5. The Morgan fingerprint density at radius 3 is 2.79 bits per heavy atom. The molecule has 1 aliphatic carbocycles. The lowest BCUT2D eigenvalue weighted by Gasteiger charge is -2.33. The fourth-order valence-electron chi connectivity index (χ4n) is 3.29. The first-order valence-electron chi connectivity index (χ1n) is 7.63. The van der Waals surface area contributed by atoms with Gasteiger partial charge in [0.15, 0.2) is 5.78 Å². The molecule has 2 N–H and O–H groups in total. The summed E-state index contributed by atoms with van der Waals surface area (Å²) < 4.78 is 11.6. The molecule has 2 aliphatic rings. The maximum Gasteiger partial charge on any atom is 0.205 e. The van der Waals surface area contributed by atoms with Gasteiger partial charge in [0.1, 0.15) is 23.2 Å². The minimum Gasteiger partial charge on any atom is -0.496 e. The molecule has 0 saturated carbocycles. The molecule has 0 fully saturated rings. The number of hydrogen-bond donors (Lipinski definition) is 1. The summed E-state index contributed by atoms with van der Waals surface area (Å²) in [6.07, 6.45) is 1.10. The van der Waals surface area contributed by atoms with Gasteiger partial charge in [-0.2, -0.15) is 5.26 Å². The van der Waals surface area contributed by atoms with Crippen molar-refractivity contribution in [2.45, 2.75) is 25.7 Å². The Labute approximate surface area is 148 Å². The SMILES string of the molecule is COc1ccc(C2C(C#N)=C(N)OC3=C2C(=O)CC(C)C3)cc1Br. The zero-order valence-corrected chi connectivity index (χ0v) is 15.0. The first kappa shape index (κ1) is 16.6. The predicted molar refractivity (Wildman–Crippen MR) is 91.8 cm³/mol. The summed E-state index contributed by atoms with van der Waals surface area (Å²) in [5.41, 5.74) is 7.59. The lowest BCUT2D eigenvalue weighted by Crippen LogP contribution is -2.29. The van der Waals surface area contributed by atoms with Crippen LogP contribution in [0.15, 0.2) is 45.5 Å². The lowest BCUT2D eigenvalue weighted by molar-refractivity contribution is -0.117. The number of allylic oxidation sites excluding steroid dienone is 3. The van der Waals surface area contributed by atoms with E-state index in [4.69, 9.17) is 15.2 Å². The number of halogens is 1. The van der Waals surface area contributed by atoms with E-state index in [9.17, 15) is 10.1 Å². The van der Waals surface area contributed by atoms with Gasteiger partial charge in [-0.3, -0.25) is 4.79 Å². The molecule has 1 aromatic rings. The van der Waals surface area contributed by atoms with Crippen molar-refractivity contribution >= 4 is 21.7 Å². The Kier molecular flexibility index (Phi) is 4.37. The van der Waals surface area contributed by atoms with Crippen LogP contribution in [0.25, 0.3) is 0 Å². The maximum absolute atomic E-state index is 12.7. The third kappa shape index (κ3) is 2.69. The van der Waals surface area contributed by atoms with Crippen LogP contribution in [0, 0.1) is 17.2 Å². The number of nitrogens with two attached hydrogens (primary N) is 1. The molecule has 5 nitrogen and oxygen atoms in total. The highest BCUT2D eigenvalue weighted by Crippen LogP contribution is 2.45. The second-order valence-corrected chi connectivity index (χ2v) is 6.95. The molecule has 0 aromatic heterocycles. The van der Waals surface area contributed by atoms with Gasteiger partial charge in [0.25, 0.3) is 0 Å². The van der Waals surface area contributed by atoms with Gasteiger partial charge in [0, 0.05) is 18.4 Å². The van der Waals surface area contributed by atoms with Crippen LogP contribution in [0.5, 0.6) is 5.75 Å². The first-order valence-corrected chi connectivity index (χ1v) is 8.42. The summed E-state index contributed by atoms with van der Waals surface area (Å²) in [4.78, 5) is 12.7. The molecule has 2 atom stereocenters. The van der Waals surface area contributed by atoms with E-state index in [1.807, 2.05) is 19.1 Å². The first-order chi connectivity index (χ1) is 11.5. The van der Waals surface area contributed by atoms with Gasteiger partial charge < -0.3 is 15.2 Å². The van der Waals surface area contributed by atoms with E-state index >= 15 is 0 Å². The Bertz CT molecular complexity index is 820. The summed E-state index contributed by atoms with van der Waals surface area (Å²) in [5, 5.41) is 9.55. The van der Waals surface area contributed by atoms with Crippen molar-refractivity contribution in [3.05, 3.63) is 51.0 Å². The molecule has 1 aliphatic heterocycles. The molecule has 1 heterocycles. The maximum atomic E-state index is 12.7. The van der Waals surface area contributed by atoms with Gasteiger partial charge in [-0.05, 0) is 39.5 Å². The number of carbonyl (C=O) groups excluding carboxylic acids is 1. The van der Waals surface area contributed by atoms with Crippen LogP contribution in [0.1, 0.15) is 31.2 Å². The van der Waals surface area contributed by atoms with Gasteiger partial charge in [-0.1, -0.05) is 13.0 Å². The molecule has 2 unspecified atom stereocenters. The standard InChI is InChI=1S/C18H17BrN2O3/c1-9-5-13(22)17-15(6-9)24-18(21)11(8-20)16(17)10-3-4-14(23-2)12(19)7-10/h3-4,7,9,16H,5-6,21H2,1-2H3.